The van der Waals surface area contributed by atoms with Crippen molar-refractivity contribution in [3.05, 3.63) is 111 Å². The summed E-state index contributed by atoms with van der Waals surface area (Å²) in [6.07, 6.45) is 2.85. The number of benzene rings is 3. The van der Waals surface area contributed by atoms with E-state index in [2.05, 4.69) is 26.7 Å². The molecule has 0 spiro atoms. The van der Waals surface area contributed by atoms with Gasteiger partial charge in [0.05, 0.1) is 29.3 Å². The van der Waals surface area contributed by atoms with Crippen molar-refractivity contribution < 1.29 is 37.1 Å². The van der Waals surface area contributed by atoms with Gasteiger partial charge in [-0.05, 0) is 65.1 Å². The van der Waals surface area contributed by atoms with E-state index in [1.165, 1.54) is 11.1 Å². The number of aromatic nitrogens is 2. The third-order valence-corrected chi connectivity index (χ3v) is 10.7. The van der Waals surface area contributed by atoms with E-state index in [1.807, 2.05) is 32.0 Å². The molecular weight excluding hydrogens is 748 g/mol. The Balaban J connectivity index is 1.02. The molecule has 1 aromatic heterocycles. The van der Waals surface area contributed by atoms with Crippen molar-refractivity contribution >= 4 is 45.1 Å². The number of nitrogens with one attached hydrogen (secondary N) is 2. The highest BCUT2D eigenvalue weighted by Gasteiger charge is 2.39. The molecule has 14 nitrogen and oxygen atoms in total. The van der Waals surface area contributed by atoms with Gasteiger partial charge in [0.1, 0.15) is 24.5 Å². The molecule has 3 heterocycles. The number of sulfone groups is 1. The molecule has 0 saturated carbocycles. The summed E-state index contributed by atoms with van der Waals surface area (Å²) < 4.78 is 35.2. The van der Waals surface area contributed by atoms with Crippen LogP contribution in [0.5, 0.6) is 11.5 Å². The van der Waals surface area contributed by atoms with Crippen molar-refractivity contribution in [1.82, 2.24) is 25.5 Å². The fourth-order valence-corrected chi connectivity index (χ4v) is 7.19. The van der Waals surface area contributed by atoms with Crippen LogP contribution in [0.2, 0.25) is 5.02 Å². The van der Waals surface area contributed by atoms with E-state index >= 15 is 0 Å². The second kappa shape index (κ2) is 15.9. The van der Waals surface area contributed by atoms with Crippen LogP contribution in [-0.2, 0) is 49.3 Å². The lowest BCUT2D eigenvalue weighted by Gasteiger charge is -2.29. The number of carbonyl (C=O) groups excluding carboxylic acids is 4. The van der Waals surface area contributed by atoms with Crippen LogP contribution in [0.25, 0.3) is 0 Å². The molecule has 2 N–H and O–H groups in total. The Morgan fingerprint density at radius 1 is 1.07 bits per heavy atom. The molecule has 1 fully saturated rings. The lowest BCUT2D eigenvalue weighted by molar-refractivity contribution is -0.137. The summed E-state index contributed by atoms with van der Waals surface area (Å²) in [7, 11) is -3.55. The van der Waals surface area contributed by atoms with Gasteiger partial charge in [0.2, 0.25) is 32.7 Å². The minimum atomic E-state index is -3.55. The van der Waals surface area contributed by atoms with Crippen LogP contribution in [0, 0.1) is 11.3 Å². The lowest BCUT2D eigenvalue weighted by Crippen LogP contribution is -2.52. The van der Waals surface area contributed by atoms with Gasteiger partial charge in [0.15, 0.2) is 5.75 Å². The molecule has 3 aromatic carbocycles. The highest BCUT2D eigenvalue weighted by molar-refractivity contribution is 7.90. The average molecular weight is 785 g/mol. The molecule has 4 amide bonds. The zero-order valence-corrected chi connectivity index (χ0v) is 31.8. The summed E-state index contributed by atoms with van der Waals surface area (Å²) in [6, 6.07) is 19.1. The fourth-order valence-electron chi connectivity index (χ4n) is 6.38. The standard InChI is InChI=1S/C39H37ClN6O8S/c1-39(2,26-5-7-29(8-6-26)54-22-28-12-14-42-38(44-28)55(3,51)52)27-17-24(19-41)35(31(40)18-27)53-15-13-33(47)43-20-23-4-9-30-25(16-23)21-46(37(30)50)32-10-11-34(48)45-36(32)49/h4-9,12,14,16-18,32H,10-11,13,15,20-22H2,1-3H3,(H,43,47)(H,45,48,49). The van der Waals surface area contributed by atoms with E-state index in [9.17, 15) is 32.9 Å². The Morgan fingerprint density at radius 3 is 2.55 bits per heavy atom. The molecule has 4 aromatic rings. The predicted molar refractivity (Wildman–Crippen MR) is 199 cm³/mol. The maximum atomic E-state index is 13.0. The number of halogens is 1. The molecule has 2 aliphatic rings. The Bertz CT molecular complexity index is 2340. The molecule has 55 heavy (non-hydrogen) atoms. The monoisotopic (exact) mass is 784 g/mol. The number of ether oxygens (including phenoxy) is 2. The van der Waals surface area contributed by atoms with Gasteiger partial charge >= 0.3 is 0 Å². The Kier molecular flexibility index (Phi) is 11.2. The van der Waals surface area contributed by atoms with Gasteiger partial charge in [-0.25, -0.2) is 18.4 Å². The first kappa shape index (κ1) is 38.9. The normalized spacial score (nSPS) is 15.6. The lowest BCUT2D eigenvalue weighted by atomic mass is 9.77. The van der Waals surface area contributed by atoms with Crippen LogP contribution in [0.4, 0.5) is 0 Å². The first-order chi connectivity index (χ1) is 26.1. The predicted octanol–water partition coefficient (Wildman–Crippen LogP) is 4.16. The van der Waals surface area contributed by atoms with E-state index in [0.717, 1.165) is 28.5 Å². The van der Waals surface area contributed by atoms with Crippen LogP contribution in [-0.4, -0.2) is 65.8 Å². The second-order valence-electron chi connectivity index (χ2n) is 13.8. The molecule has 0 bridgehead atoms. The minimum absolute atomic E-state index is 0.00827. The summed E-state index contributed by atoms with van der Waals surface area (Å²) in [5, 5.41) is 15.1. The highest BCUT2D eigenvalue weighted by atomic mass is 35.5. The SMILES string of the molecule is CC(C)(c1ccc(OCc2ccnc(S(C)(=O)=O)n2)cc1)c1cc(Cl)c(OCCC(=O)NCc2ccc3c(c2)CN(C2CCC(=O)NC2=O)C3=O)c(C#N)c1. The molecule has 6 rings (SSSR count). The highest BCUT2D eigenvalue weighted by Crippen LogP contribution is 2.39. The summed E-state index contributed by atoms with van der Waals surface area (Å²) in [4.78, 5) is 58.9. The number of hydrogen-bond acceptors (Lipinski definition) is 11. The zero-order chi connectivity index (χ0) is 39.5. The van der Waals surface area contributed by atoms with Crippen LogP contribution < -0.4 is 20.1 Å². The maximum Gasteiger partial charge on any atom is 0.255 e. The minimum Gasteiger partial charge on any atom is -0.490 e. The number of nitrogens with zero attached hydrogens (tertiary/aromatic N) is 4. The van der Waals surface area contributed by atoms with Crippen molar-refractivity contribution in [1.29, 1.82) is 5.26 Å². The number of amides is 4. The van der Waals surface area contributed by atoms with E-state index in [-0.39, 0.29) is 84.8 Å². The number of imide groups is 1. The smallest absolute Gasteiger partial charge is 0.255 e. The van der Waals surface area contributed by atoms with Gasteiger partial charge in [-0.2, -0.15) is 5.26 Å². The van der Waals surface area contributed by atoms with Crippen LogP contribution in [0.1, 0.15) is 77.0 Å². The largest absolute Gasteiger partial charge is 0.490 e. The number of nitriles is 1. The molecule has 2 aliphatic heterocycles. The Labute approximate surface area is 322 Å². The van der Waals surface area contributed by atoms with Gasteiger partial charge in [0.25, 0.3) is 5.91 Å². The van der Waals surface area contributed by atoms with E-state index in [1.54, 1.807) is 42.5 Å². The summed E-state index contributed by atoms with van der Waals surface area (Å²) in [5.41, 5.74) is 3.72. The van der Waals surface area contributed by atoms with Crippen molar-refractivity contribution in [3.63, 3.8) is 0 Å². The molecule has 1 saturated heterocycles. The summed E-state index contributed by atoms with van der Waals surface area (Å²) in [5.74, 6) is -0.665. The number of fused-ring (bicyclic) bond motifs is 1. The third-order valence-electron chi connectivity index (χ3n) is 9.52. The molecule has 1 unspecified atom stereocenters. The van der Waals surface area contributed by atoms with E-state index in [4.69, 9.17) is 21.1 Å². The molecule has 1 atom stereocenters. The van der Waals surface area contributed by atoms with Gasteiger partial charge in [-0.15, -0.1) is 0 Å². The van der Waals surface area contributed by atoms with E-state index in [0.29, 0.717) is 17.0 Å². The van der Waals surface area contributed by atoms with Gasteiger partial charge < -0.3 is 19.7 Å². The number of rotatable bonds is 13. The molecule has 0 aliphatic carbocycles. The van der Waals surface area contributed by atoms with Gasteiger partial charge in [-0.3, -0.25) is 24.5 Å². The average Bonchev–Trinajstić information content (AvgIpc) is 3.48. The van der Waals surface area contributed by atoms with Crippen molar-refractivity contribution in [2.24, 2.45) is 0 Å². The summed E-state index contributed by atoms with van der Waals surface area (Å²) in [6.45, 7) is 4.43. The van der Waals surface area contributed by atoms with Crippen molar-refractivity contribution in [2.75, 3.05) is 12.9 Å². The Hall–Kier alpha value is -5.85. The number of piperidine rings is 1. The fraction of sp³-hybridized carbons (Fsp3) is 0.308. The maximum absolute atomic E-state index is 13.0. The first-order valence-electron chi connectivity index (χ1n) is 17.3. The third kappa shape index (κ3) is 8.77. The van der Waals surface area contributed by atoms with Crippen molar-refractivity contribution in [3.8, 4) is 17.6 Å². The number of carbonyl (C=O) groups is 4. The molecule has 284 valence electrons. The quantitative estimate of drug-likeness (QED) is 0.146. The summed E-state index contributed by atoms with van der Waals surface area (Å²) >= 11 is 6.65. The zero-order valence-electron chi connectivity index (χ0n) is 30.2. The Morgan fingerprint density at radius 2 is 1.84 bits per heavy atom. The van der Waals surface area contributed by atoms with Gasteiger partial charge in [-0.1, -0.05) is 49.7 Å². The van der Waals surface area contributed by atoms with Crippen LogP contribution in [0.15, 0.2) is 72.0 Å². The first-order valence-corrected chi connectivity index (χ1v) is 19.6. The molecule has 0 radical (unpaired) electrons. The van der Waals surface area contributed by atoms with Crippen LogP contribution >= 0.6 is 11.6 Å². The molecular formula is C39H37ClN6O8S. The van der Waals surface area contributed by atoms with Crippen LogP contribution in [0.3, 0.4) is 0 Å². The van der Waals surface area contributed by atoms with Gasteiger partial charge in [0, 0.05) is 42.9 Å². The van der Waals surface area contributed by atoms with E-state index < -0.39 is 27.2 Å². The number of hydrogen-bond donors (Lipinski definition) is 2. The topological polar surface area (TPSA) is 198 Å². The molecule has 16 heteroatoms. The second-order valence-corrected chi connectivity index (χ2v) is 16.1. The van der Waals surface area contributed by atoms with Crippen molar-refractivity contribution in [2.45, 2.75) is 69.4 Å².